The highest BCUT2D eigenvalue weighted by Gasteiger charge is 2.36. The van der Waals surface area contributed by atoms with Crippen molar-refractivity contribution in [3.8, 4) is 0 Å². The van der Waals surface area contributed by atoms with E-state index in [1.54, 1.807) is 6.07 Å². The summed E-state index contributed by atoms with van der Waals surface area (Å²) in [5, 5.41) is 21.8. The van der Waals surface area contributed by atoms with Gasteiger partial charge in [0.1, 0.15) is 11.9 Å². The van der Waals surface area contributed by atoms with Crippen molar-refractivity contribution in [2.45, 2.75) is 18.9 Å². The number of carbonyl (C=O) groups is 2. The Kier molecular flexibility index (Phi) is 3.40. The number of carboxylic acids is 1. The summed E-state index contributed by atoms with van der Waals surface area (Å²) >= 11 is 0. The number of nitrogens with zero attached hydrogens (tertiary/aromatic N) is 2. The molecule has 1 aliphatic rings. The van der Waals surface area contributed by atoms with Crippen LogP contribution in [0, 0.1) is 5.92 Å². The van der Waals surface area contributed by atoms with Crippen molar-refractivity contribution < 1.29 is 14.7 Å². The lowest BCUT2D eigenvalue weighted by Crippen LogP contribution is -2.32. The maximum atomic E-state index is 11.2. The summed E-state index contributed by atoms with van der Waals surface area (Å²) in [5.41, 5.74) is 0.196. The van der Waals surface area contributed by atoms with Crippen LogP contribution in [0.15, 0.2) is 12.1 Å². The third-order valence-electron chi connectivity index (χ3n) is 2.79. The SMILES string of the molecule is CNC(=O)c1ccc(NC(C(=O)O)C2CC2)nn1. The highest BCUT2D eigenvalue weighted by Crippen LogP contribution is 2.34. The number of nitrogens with one attached hydrogen (secondary N) is 2. The molecule has 0 spiro atoms. The minimum absolute atomic E-state index is 0.155. The van der Waals surface area contributed by atoms with Crippen molar-refractivity contribution in [3.05, 3.63) is 17.8 Å². The van der Waals surface area contributed by atoms with Gasteiger partial charge in [0.2, 0.25) is 0 Å². The zero-order valence-corrected chi connectivity index (χ0v) is 9.88. The number of hydrogen-bond donors (Lipinski definition) is 3. The fourth-order valence-corrected chi connectivity index (χ4v) is 1.63. The molecule has 1 heterocycles. The Morgan fingerprint density at radius 2 is 2.11 bits per heavy atom. The monoisotopic (exact) mass is 250 g/mol. The number of aromatic nitrogens is 2. The van der Waals surface area contributed by atoms with E-state index in [0.717, 1.165) is 12.8 Å². The van der Waals surface area contributed by atoms with Crippen molar-refractivity contribution >= 4 is 17.7 Å². The first kappa shape index (κ1) is 12.3. The van der Waals surface area contributed by atoms with Crippen molar-refractivity contribution in [2.75, 3.05) is 12.4 Å². The molecule has 18 heavy (non-hydrogen) atoms. The second-order valence-electron chi connectivity index (χ2n) is 4.18. The van der Waals surface area contributed by atoms with Gasteiger partial charge in [-0.2, -0.15) is 0 Å². The van der Waals surface area contributed by atoms with Crippen molar-refractivity contribution in [2.24, 2.45) is 5.92 Å². The van der Waals surface area contributed by atoms with E-state index < -0.39 is 12.0 Å². The van der Waals surface area contributed by atoms with Crippen LogP contribution in [0.25, 0.3) is 0 Å². The summed E-state index contributed by atoms with van der Waals surface area (Å²) in [6.07, 6.45) is 1.82. The summed E-state index contributed by atoms with van der Waals surface area (Å²) in [6, 6.07) is 2.42. The van der Waals surface area contributed by atoms with E-state index in [-0.39, 0.29) is 17.5 Å². The number of hydrogen-bond acceptors (Lipinski definition) is 5. The summed E-state index contributed by atoms with van der Waals surface area (Å²) in [5.74, 6) is -0.703. The Morgan fingerprint density at radius 3 is 2.56 bits per heavy atom. The zero-order chi connectivity index (χ0) is 13.1. The average molecular weight is 250 g/mol. The van der Waals surface area contributed by atoms with Gasteiger partial charge in [-0.05, 0) is 30.9 Å². The van der Waals surface area contributed by atoms with Gasteiger partial charge in [-0.1, -0.05) is 0 Å². The summed E-state index contributed by atoms with van der Waals surface area (Å²) in [4.78, 5) is 22.3. The van der Waals surface area contributed by atoms with E-state index in [2.05, 4.69) is 20.8 Å². The fourth-order valence-electron chi connectivity index (χ4n) is 1.63. The molecule has 1 aromatic heterocycles. The van der Waals surface area contributed by atoms with Crippen LogP contribution in [0.2, 0.25) is 0 Å². The Morgan fingerprint density at radius 1 is 1.39 bits per heavy atom. The molecule has 0 aromatic carbocycles. The lowest BCUT2D eigenvalue weighted by molar-refractivity contribution is -0.138. The van der Waals surface area contributed by atoms with E-state index in [4.69, 9.17) is 5.11 Å². The molecule has 0 saturated heterocycles. The van der Waals surface area contributed by atoms with Crippen LogP contribution in [0.3, 0.4) is 0 Å². The minimum atomic E-state index is -0.894. The number of rotatable bonds is 5. The molecule has 1 saturated carbocycles. The molecule has 1 unspecified atom stereocenters. The van der Waals surface area contributed by atoms with Gasteiger partial charge in [0, 0.05) is 7.05 Å². The molecule has 0 bridgehead atoms. The lowest BCUT2D eigenvalue weighted by atomic mass is 10.2. The van der Waals surface area contributed by atoms with E-state index in [0.29, 0.717) is 5.82 Å². The molecular weight excluding hydrogens is 236 g/mol. The number of carbonyl (C=O) groups excluding carboxylic acids is 1. The maximum Gasteiger partial charge on any atom is 0.326 e. The van der Waals surface area contributed by atoms with Crippen LogP contribution in [0.5, 0.6) is 0 Å². The third kappa shape index (κ3) is 2.73. The van der Waals surface area contributed by atoms with Gasteiger partial charge in [-0.3, -0.25) is 4.79 Å². The standard InChI is InChI=1S/C11H14N4O3/c1-12-10(16)7-4-5-8(15-14-7)13-9(11(17)18)6-2-3-6/h4-6,9H,2-3H2,1H3,(H,12,16)(H,13,15)(H,17,18). The van der Waals surface area contributed by atoms with Crippen LogP contribution in [0.1, 0.15) is 23.3 Å². The molecule has 1 fully saturated rings. The Hall–Kier alpha value is -2.18. The molecule has 1 atom stereocenters. The number of carboxylic acid groups (broad SMARTS) is 1. The van der Waals surface area contributed by atoms with Crippen molar-refractivity contribution in [1.82, 2.24) is 15.5 Å². The number of anilines is 1. The van der Waals surface area contributed by atoms with Gasteiger partial charge in [0.05, 0.1) is 0 Å². The van der Waals surface area contributed by atoms with Gasteiger partial charge in [0.15, 0.2) is 5.69 Å². The third-order valence-corrected chi connectivity index (χ3v) is 2.79. The van der Waals surface area contributed by atoms with E-state index in [9.17, 15) is 9.59 Å². The Bertz CT molecular complexity index is 456. The maximum absolute atomic E-state index is 11.2. The molecular formula is C11H14N4O3. The average Bonchev–Trinajstić information content (AvgIpc) is 3.19. The first-order valence-corrected chi connectivity index (χ1v) is 5.67. The zero-order valence-electron chi connectivity index (χ0n) is 9.88. The van der Waals surface area contributed by atoms with Gasteiger partial charge < -0.3 is 15.7 Å². The van der Waals surface area contributed by atoms with Gasteiger partial charge >= 0.3 is 5.97 Å². The quantitative estimate of drug-likeness (QED) is 0.685. The molecule has 7 nitrogen and oxygen atoms in total. The predicted molar refractivity (Wildman–Crippen MR) is 63.2 cm³/mol. The van der Waals surface area contributed by atoms with Gasteiger partial charge in [-0.25, -0.2) is 4.79 Å². The summed E-state index contributed by atoms with van der Waals surface area (Å²) in [7, 11) is 1.50. The molecule has 2 rings (SSSR count). The largest absolute Gasteiger partial charge is 0.480 e. The normalized spacial score (nSPS) is 15.8. The number of amides is 1. The van der Waals surface area contributed by atoms with Crippen LogP contribution in [0.4, 0.5) is 5.82 Å². The topological polar surface area (TPSA) is 104 Å². The molecule has 1 amide bonds. The molecule has 3 N–H and O–H groups in total. The molecule has 96 valence electrons. The highest BCUT2D eigenvalue weighted by atomic mass is 16.4. The first-order chi connectivity index (χ1) is 8.61. The second-order valence-corrected chi connectivity index (χ2v) is 4.18. The molecule has 0 aliphatic heterocycles. The lowest BCUT2D eigenvalue weighted by Gasteiger charge is -2.13. The highest BCUT2D eigenvalue weighted by molar-refractivity contribution is 5.91. The molecule has 1 aromatic rings. The van der Waals surface area contributed by atoms with Gasteiger partial charge in [0.25, 0.3) is 5.91 Å². The predicted octanol–water partition coefficient (Wildman–Crippen LogP) is 0.111. The first-order valence-electron chi connectivity index (χ1n) is 5.67. The van der Waals surface area contributed by atoms with E-state index in [1.165, 1.54) is 13.1 Å². The smallest absolute Gasteiger partial charge is 0.326 e. The molecule has 1 aliphatic carbocycles. The Balaban J connectivity index is 2.05. The van der Waals surface area contributed by atoms with E-state index in [1.807, 2.05) is 0 Å². The van der Waals surface area contributed by atoms with Crippen LogP contribution in [-0.4, -0.2) is 40.3 Å². The van der Waals surface area contributed by atoms with Crippen LogP contribution >= 0.6 is 0 Å². The van der Waals surface area contributed by atoms with Crippen molar-refractivity contribution in [1.29, 1.82) is 0 Å². The fraction of sp³-hybridized carbons (Fsp3) is 0.455. The minimum Gasteiger partial charge on any atom is -0.480 e. The van der Waals surface area contributed by atoms with E-state index >= 15 is 0 Å². The van der Waals surface area contributed by atoms with Gasteiger partial charge in [-0.15, -0.1) is 10.2 Å². The summed E-state index contributed by atoms with van der Waals surface area (Å²) < 4.78 is 0. The molecule has 0 radical (unpaired) electrons. The van der Waals surface area contributed by atoms with Crippen LogP contribution in [-0.2, 0) is 4.79 Å². The number of aliphatic carboxylic acids is 1. The van der Waals surface area contributed by atoms with Crippen molar-refractivity contribution in [3.63, 3.8) is 0 Å². The van der Waals surface area contributed by atoms with Crippen LogP contribution < -0.4 is 10.6 Å². The second kappa shape index (κ2) is 4.99. The summed E-state index contributed by atoms with van der Waals surface area (Å²) in [6.45, 7) is 0. The molecule has 7 heteroatoms. The Labute approximate surface area is 104 Å².